The summed E-state index contributed by atoms with van der Waals surface area (Å²) in [4.78, 5) is 13.7. The molecule has 0 bridgehead atoms. The molecule has 0 spiro atoms. The smallest absolute Gasteiger partial charge is 0.410 e. The number of benzene rings is 1. The largest absolute Gasteiger partial charge is 0.450 e. The Kier molecular flexibility index (Phi) is 3.09. The molecule has 1 heterocycles. The third-order valence-electron chi connectivity index (χ3n) is 3.29. The first-order valence-corrected chi connectivity index (χ1v) is 6.06. The van der Waals surface area contributed by atoms with Gasteiger partial charge in [-0.05, 0) is 38.3 Å². The summed E-state index contributed by atoms with van der Waals surface area (Å²) < 4.78 is 5.12. The molecule has 0 unspecified atom stereocenters. The maximum Gasteiger partial charge on any atom is 0.410 e. The molecule has 0 fully saturated rings. The van der Waals surface area contributed by atoms with Crippen molar-refractivity contribution in [2.45, 2.75) is 39.3 Å². The highest BCUT2D eigenvalue weighted by molar-refractivity contribution is 5.69. The van der Waals surface area contributed by atoms with Crippen LogP contribution in [-0.4, -0.2) is 23.1 Å². The molecule has 1 aromatic carbocycles. The Labute approximate surface area is 102 Å². The molecule has 1 aliphatic rings. The molecule has 0 radical (unpaired) electrons. The summed E-state index contributed by atoms with van der Waals surface area (Å²) in [6, 6.07) is 8.28. The lowest BCUT2D eigenvalue weighted by Gasteiger charge is -2.42. The van der Waals surface area contributed by atoms with Crippen LogP contribution in [0.25, 0.3) is 0 Å². The van der Waals surface area contributed by atoms with E-state index in [2.05, 4.69) is 32.0 Å². The molecular formula is C14H19NO2. The Morgan fingerprint density at radius 2 is 2.00 bits per heavy atom. The first-order valence-electron chi connectivity index (χ1n) is 6.06. The molecule has 92 valence electrons. The van der Waals surface area contributed by atoms with Gasteiger partial charge in [0, 0.05) is 12.1 Å². The second-order valence-electron chi connectivity index (χ2n) is 5.04. The van der Waals surface area contributed by atoms with Gasteiger partial charge in [-0.3, -0.25) is 4.90 Å². The predicted octanol–water partition coefficient (Wildman–Crippen LogP) is 2.98. The van der Waals surface area contributed by atoms with E-state index in [0.717, 1.165) is 6.42 Å². The zero-order valence-corrected chi connectivity index (χ0v) is 10.7. The van der Waals surface area contributed by atoms with Crippen molar-refractivity contribution in [1.29, 1.82) is 0 Å². The SMILES string of the molecule is CCOC(=O)N1Cc2ccccc2CC1(C)C. The van der Waals surface area contributed by atoms with E-state index >= 15 is 0 Å². The van der Waals surface area contributed by atoms with Gasteiger partial charge in [-0.25, -0.2) is 4.79 Å². The third kappa shape index (κ3) is 2.28. The second kappa shape index (κ2) is 4.40. The van der Waals surface area contributed by atoms with Crippen LogP contribution in [0, 0.1) is 0 Å². The molecule has 3 heteroatoms. The standard InChI is InChI=1S/C14H19NO2/c1-4-17-13(16)15-10-12-8-6-5-7-11(12)9-14(15,2)3/h5-8H,4,9-10H2,1-3H3. The van der Waals surface area contributed by atoms with Crippen LogP contribution in [0.3, 0.4) is 0 Å². The van der Waals surface area contributed by atoms with Crippen LogP contribution < -0.4 is 0 Å². The highest BCUT2D eigenvalue weighted by atomic mass is 16.6. The van der Waals surface area contributed by atoms with Gasteiger partial charge in [0.1, 0.15) is 0 Å². The van der Waals surface area contributed by atoms with Crippen LogP contribution in [-0.2, 0) is 17.7 Å². The van der Waals surface area contributed by atoms with Crippen LogP contribution in [0.1, 0.15) is 31.9 Å². The van der Waals surface area contributed by atoms with Gasteiger partial charge < -0.3 is 4.74 Å². The number of nitrogens with zero attached hydrogens (tertiary/aromatic N) is 1. The molecule has 2 rings (SSSR count). The van der Waals surface area contributed by atoms with E-state index < -0.39 is 0 Å². The van der Waals surface area contributed by atoms with E-state index in [1.54, 1.807) is 0 Å². The molecule has 0 saturated heterocycles. The van der Waals surface area contributed by atoms with Crippen LogP contribution in [0.5, 0.6) is 0 Å². The highest BCUT2D eigenvalue weighted by Gasteiger charge is 2.36. The van der Waals surface area contributed by atoms with Gasteiger partial charge >= 0.3 is 6.09 Å². The number of fused-ring (bicyclic) bond motifs is 1. The third-order valence-corrected chi connectivity index (χ3v) is 3.29. The lowest BCUT2D eigenvalue weighted by Crippen LogP contribution is -2.51. The first kappa shape index (κ1) is 12.0. The maximum atomic E-state index is 11.9. The average Bonchev–Trinajstić information content (AvgIpc) is 2.27. The summed E-state index contributed by atoms with van der Waals surface area (Å²) in [5.74, 6) is 0. The number of amides is 1. The van der Waals surface area contributed by atoms with Gasteiger partial charge in [0.2, 0.25) is 0 Å². The average molecular weight is 233 g/mol. The number of hydrogen-bond acceptors (Lipinski definition) is 2. The minimum Gasteiger partial charge on any atom is -0.450 e. The molecule has 1 aromatic rings. The van der Waals surface area contributed by atoms with Crippen LogP contribution in [0.2, 0.25) is 0 Å². The van der Waals surface area contributed by atoms with Gasteiger partial charge in [-0.15, -0.1) is 0 Å². The van der Waals surface area contributed by atoms with Crippen molar-refractivity contribution in [3.05, 3.63) is 35.4 Å². The number of ether oxygens (including phenoxy) is 1. The van der Waals surface area contributed by atoms with E-state index in [1.165, 1.54) is 11.1 Å². The number of rotatable bonds is 1. The molecule has 1 aliphatic heterocycles. The quantitative estimate of drug-likeness (QED) is 0.746. The summed E-state index contributed by atoms with van der Waals surface area (Å²) in [6.07, 6.45) is 0.661. The zero-order chi connectivity index (χ0) is 12.5. The molecule has 3 nitrogen and oxygen atoms in total. The number of carbonyl (C=O) groups is 1. The molecule has 0 atom stereocenters. The lowest BCUT2D eigenvalue weighted by atomic mass is 9.86. The summed E-state index contributed by atoms with van der Waals surface area (Å²) in [5, 5.41) is 0. The van der Waals surface area contributed by atoms with Crippen LogP contribution in [0.15, 0.2) is 24.3 Å². The Morgan fingerprint density at radius 3 is 2.65 bits per heavy atom. The van der Waals surface area contributed by atoms with E-state index in [0.29, 0.717) is 13.2 Å². The number of hydrogen-bond donors (Lipinski definition) is 0. The van der Waals surface area contributed by atoms with E-state index in [9.17, 15) is 4.79 Å². The van der Waals surface area contributed by atoms with Crippen molar-refractivity contribution in [3.63, 3.8) is 0 Å². The Morgan fingerprint density at radius 1 is 1.35 bits per heavy atom. The molecule has 0 aliphatic carbocycles. The highest BCUT2D eigenvalue weighted by Crippen LogP contribution is 2.30. The van der Waals surface area contributed by atoms with Crippen LogP contribution in [0.4, 0.5) is 4.79 Å². The number of carbonyl (C=O) groups excluding carboxylic acids is 1. The summed E-state index contributed by atoms with van der Waals surface area (Å²) in [7, 11) is 0. The molecule has 0 saturated carbocycles. The van der Waals surface area contributed by atoms with Crippen molar-refractivity contribution >= 4 is 6.09 Å². The maximum absolute atomic E-state index is 11.9. The molecular weight excluding hydrogens is 214 g/mol. The first-order chi connectivity index (χ1) is 8.04. The van der Waals surface area contributed by atoms with Crippen molar-refractivity contribution < 1.29 is 9.53 Å². The van der Waals surface area contributed by atoms with Gasteiger partial charge in [-0.2, -0.15) is 0 Å². The van der Waals surface area contributed by atoms with Crippen molar-refractivity contribution in [1.82, 2.24) is 4.90 Å². The van der Waals surface area contributed by atoms with Gasteiger partial charge in [0.25, 0.3) is 0 Å². The van der Waals surface area contributed by atoms with Gasteiger partial charge in [0.15, 0.2) is 0 Å². The normalized spacial score (nSPS) is 17.5. The fourth-order valence-electron chi connectivity index (χ4n) is 2.34. The predicted molar refractivity (Wildman–Crippen MR) is 66.8 cm³/mol. The van der Waals surface area contributed by atoms with E-state index in [1.807, 2.05) is 17.9 Å². The van der Waals surface area contributed by atoms with Crippen molar-refractivity contribution in [3.8, 4) is 0 Å². The van der Waals surface area contributed by atoms with Crippen molar-refractivity contribution in [2.75, 3.05) is 6.61 Å². The van der Waals surface area contributed by atoms with Crippen LogP contribution >= 0.6 is 0 Å². The van der Waals surface area contributed by atoms with Gasteiger partial charge in [0.05, 0.1) is 6.61 Å². The second-order valence-corrected chi connectivity index (χ2v) is 5.04. The molecule has 0 aromatic heterocycles. The molecule has 0 N–H and O–H groups in total. The summed E-state index contributed by atoms with van der Waals surface area (Å²) in [6.45, 7) is 7.07. The fourth-order valence-corrected chi connectivity index (χ4v) is 2.34. The summed E-state index contributed by atoms with van der Waals surface area (Å²) >= 11 is 0. The topological polar surface area (TPSA) is 29.5 Å². The Balaban J connectivity index is 2.28. The fraction of sp³-hybridized carbons (Fsp3) is 0.500. The zero-order valence-electron chi connectivity index (χ0n) is 10.7. The molecule has 17 heavy (non-hydrogen) atoms. The van der Waals surface area contributed by atoms with Gasteiger partial charge in [-0.1, -0.05) is 24.3 Å². The van der Waals surface area contributed by atoms with E-state index in [4.69, 9.17) is 4.74 Å². The monoisotopic (exact) mass is 233 g/mol. The van der Waals surface area contributed by atoms with Crippen molar-refractivity contribution in [2.24, 2.45) is 0 Å². The molecule has 1 amide bonds. The minimum absolute atomic E-state index is 0.180. The summed E-state index contributed by atoms with van der Waals surface area (Å²) in [5.41, 5.74) is 2.37. The minimum atomic E-state index is -0.216. The Bertz CT molecular complexity index is 426. The lowest BCUT2D eigenvalue weighted by molar-refractivity contribution is 0.0550. The van der Waals surface area contributed by atoms with E-state index in [-0.39, 0.29) is 11.6 Å². The Hall–Kier alpha value is -1.51.